The number of hydrogen-bond donors (Lipinski definition) is 1. The molecule has 1 N–H and O–H groups in total. The number of carbonyl (C=O) groups is 1. The Morgan fingerprint density at radius 3 is 2.50 bits per heavy atom. The van der Waals surface area contributed by atoms with Crippen LogP contribution < -0.4 is 4.72 Å². The molecule has 8 heteroatoms. The van der Waals surface area contributed by atoms with Crippen LogP contribution in [0.25, 0.3) is 11.1 Å². The van der Waals surface area contributed by atoms with E-state index in [9.17, 15) is 13.2 Å². The zero-order valence-electron chi connectivity index (χ0n) is 18.0. The summed E-state index contributed by atoms with van der Waals surface area (Å²) in [6.07, 6.45) is 3.25. The fourth-order valence-electron chi connectivity index (χ4n) is 5.09. The van der Waals surface area contributed by atoms with E-state index in [0.717, 1.165) is 24.7 Å². The molecule has 2 aliphatic heterocycles. The lowest BCUT2D eigenvalue weighted by Gasteiger charge is -2.34. The highest BCUT2D eigenvalue weighted by Crippen LogP contribution is 2.56. The Labute approximate surface area is 187 Å². The van der Waals surface area contributed by atoms with Gasteiger partial charge in [-0.15, -0.1) is 0 Å². The summed E-state index contributed by atoms with van der Waals surface area (Å²) < 4.78 is 48.1. The number of nitrogens with zero attached hydrogens (tertiary/aromatic N) is 1. The number of halogens is 1. The zero-order chi connectivity index (χ0) is 22.5. The first-order valence-corrected chi connectivity index (χ1v) is 12.9. The maximum Gasteiger partial charge on any atom is 0.252 e. The predicted octanol–water partition coefficient (Wildman–Crippen LogP) is 2.73. The second-order valence-electron chi connectivity index (χ2n) is 9.26. The molecular formula is C24H27FN2O4S. The molecular weight excluding hydrogens is 431 g/mol. The summed E-state index contributed by atoms with van der Waals surface area (Å²) in [5.74, 6) is -0.453. The van der Waals surface area contributed by atoms with E-state index in [-0.39, 0.29) is 23.6 Å². The number of rotatable bonds is 6. The molecule has 1 aliphatic carbocycles. The average molecular weight is 459 g/mol. The summed E-state index contributed by atoms with van der Waals surface area (Å²) in [6, 6.07) is 13.7. The summed E-state index contributed by atoms with van der Waals surface area (Å²) in [7, 11) is -3.50. The number of amides is 1. The van der Waals surface area contributed by atoms with Crippen LogP contribution in [0.5, 0.6) is 0 Å². The SMILES string of the molecule is CS(=O)(=O)NC1C(Cc2cccc(-c3ccccc3)c2F)N(C(=O)[C@H]2CCO2)CC12CC2. The normalized spacial score (nSPS) is 26.2. The van der Waals surface area contributed by atoms with E-state index in [0.29, 0.717) is 30.7 Å². The molecule has 2 aromatic carbocycles. The molecule has 0 radical (unpaired) electrons. The minimum Gasteiger partial charge on any atom is -0.368 e. The van der Waals surface area contributed by atoms with Gasteiger partial charge in [-0.05, 0) is 30.4 Å². The molecule has 6 nitrogen and oxygen atoms in total. The van der Waals surface area contributed by atoms with Gasteiger partial charge < -0.3 is 9.64 Å². The van der Waals surface area contributed by atoms with Crippen molar-refractivity contribution in [2.75, 3.05) is 19.4 Å². The number of likely N-dealkylation sites (tertiary alicyclic amines) is 1. The third kappa shape index (κ3) is 3.95. The van der Waals surface area contributed by atoms with E-state index < -0.39 is 28.2 Å². The Balaban J connectivity index is 1.50. The fraction of sp³-hybridized carbons (Fsp3) is 0.458. The quantitative estimate of drug-likeness (QED) is 0.722. The van der Waals surface area contributed by atoms with Crippen molar-refractivity contribution >= 4 is 15.9 Å². The highest BCUT2D eigenvalue weighted by atomic mass is 32.2. The minimum absolute atomic E-state index is 0.120. The molecule has 1 spiro atoms. The maximum atomic E-state index is 15.6. The molecule has 32 heavy (non-hydrogen) atoms. The molecule has 2 aromatic rings. The number of benzene rings is 2. The van der Waals surface area contributed by atoms with Gasteiger partial charge in [0.05, 0.1) is 18.9 Å². The van der Waals surface area contributed by atoms with Crippen molar-refractivity contribution in [3.8, 4) is 11.1 Å². The largest absolute Gasteiger partial charge is 0.368 e. The molecule has 2 unspecified atom stereocenters. The summed E-state index contributed by atoms with van der Waals surface area (Å²) in [5.41, 5.74) is 1.47. The van der Waals surface area contributed by atoms with Crippen molar-refractivity contribution in [2.24, 2.45) is 5.41 Å². The van der Waals surface area contributed by atoms with Crippen LogP contribution >= 0.6 is 0 Å². The lowest BCUT2D eigenvalue weighted by Crippen LogP contribution is -2.53. The van der Waals surface area contributed by atoms with Gasteiger partial charge >= 0.3 is 0 Å². The Morgan fingerprint density at radius 2 is 1.91 bits per heavy atom. The number of ether oxygens (including phenoxy) is 1. The van der Waals surface area contributed by atoms with Gasteiger partial charge in [0.25, 0.3) is 5.91 Å². The molecule has 3 aliphatic rings. The molecule has 5 rings (SSSR count). The van der Waals surface area contributed by atoms with Gasteiger partial charge in [0, 0.05) is 30.0 Å². The van der Waals surface area contributed by atoms with Crippen LogP contribution in [0.15, 0.2) is 48.5 Å². The third-order valence-corrected chi connectivity index (χ3v) is 7.70. The lowest BCUT2D eigenvalue weighted by molar-refractivity contribution is -0.157. The highest BCUT2D eigenvalue weighted by molar-refractivity contribution is 7.88. The van der Waals surface area contributed by atoms with Crippen LogP contribution in [0.3, 0.4) is 0 Å². The number of hydrogen-bond acceptors (Lipinski definition) is 4. The van der Waals surface area contributed by atoms with Crippen molar-refractivity contribution in [2.45, 2.75) is 43.9 Å². The average Bonchev–Trinajstić information content (AvgIpc) is 3.43. The van der Waals surface area contributed by atoms with Crippen LogP contribution in [0.2, 0.25) is 0 Å². The summed E-state index contributed by atoms with van der Waals surface area (Å²) in [4.78, 5) is 14.9. The minimum atomic E-state index is -3.50. The van der Waals surface area contributed by atoms with Crippen molar-refractivity contribution in [3.63, 3.8) is 0 Å². The van der Waals surface area contributed by atoms with Crippen molar-refractivity contribution in [1.82, 2.24) is 9.62 Å². The highest BCUT2D eigenvalue weighted by Gasteiger charge is 2.61. The van der Waals surface area contributed by atoms with Gasteiger partial charge in [-0.3, -0.25) is 4.79 Å². The molecule has 0 bridgehead atoms. The second-order valence-corrected chi connectivity index (χ2v) is 11.0. The summed E-state index contributed by atoms with van der Waals surface area (Å²) in [6.45, 7) is 1.03. The van der Waals surface area contributed by atoms with E-state index in [1.807, 2.05) is 36.4 Å². The number of nitrogens with one attached hydrogen (secondary N) is 1. The Morgan fingerprint density at radius 1 is 1.19 bits per heavy atom. The van der Waals surface area contributed by atoms with E-state index in [1.165, 1.54) is 0 Å². The van der Waals surface area contributed by atoms with Gasteiger partial charge in [-0.25, -0.2) is 17.5 Å². The van der Waals surface area contributed by atoms with Crippen LogP contribution in [0, 0.1) is 11.2 Å². The summed E-state index contributed by atoms with van der Waals surface area (Å²) in [5, 5.41) is 0. The van der Waals surface area contributed by atoms with Gasteiger partial charge in [-0.1, -0.05) is 48.5 Å². The number of carbonyl (C=O) groups excluding carboxylic acids is 1. The van der Waals surface area contributed by atoms with Crippen LogP contribution in [-0.4, -0.2) is 56.8 Å². The Hall–Kier alpha value is -2.29. The number of sulfonamides is 1. The fourth-order valence-corrected chi connectivity index (χ4v) is 5.96. The lowest BCUT2D eigenvalue weighted by atomic mass is 9.91. The van der Waals surface area contributed by atoms with Gasteiger partial charge in [0.2, 0.25) is 10.0 Å². The van der Waals surface area contributed by atoms with E-state index >= 15 is 4.39 Å². The predicted molar refractivity (Wildman–Crippen MR) is 119 cm³/mol. The molecule has 2 saturated heterocycles. The second kappa shape index (κ2) is 7.93. The Bertz CT molecular complexity index is 1130. The zero-order valence-corrected chi connectivity index (χ0v) is 18.8. The Kier molecular flexibility index (Phi) is 5.34. The van der Waals surface area contributed by atoms with Gasteiger partial charge in [0.15, 0.2) is 0 Å². The van der Waals surface area contributed by atoms with Crippen LogP contribution in [-0.2, 0) is 26.0 Å². The van der Waals surface area contributed by atoms with Crippen LogP contribution in [0.1, 0.15) is 24.8 Å². The van der Waals surface area contributed by atoms with Gasteiger partial charge in [0.1, 0.15) is 11.9 Å². The molecule has 1 amide bonds. The molecule has 3 atom stereocenters. The molecule has 0 aromatic heterocycles. The molecule has 3 fully saturated rings. The third-order valence-electron chi connectivity index (χ3n) is 7.01. The van der Waals surface area contributed by atoms with Crippen molar-refractivity contribution < 1.29 is 22.3 Å². The standard InChI is InChI=1S/C24H27FN2O4S/c1-32(29,30)26-22-19(27(15-24(22)11-12-24)23(28)20-10-13-31-20)14-17-8-5-9-18(21(17)25)16-6-3-2-4-7-16/h2-9,19-20,22,26H,10-15H2,1H3/t19?,20-,22?/m1/s1. The van der Waals surface area contributed by atoms with E-state index in [4.69, 9.17) is 4.74 Å². The van der Waals surface area contributed by atoms with Crippen molar-refractivity contribution in [1.29, 1.82) is 0 Å². The molecule has 2 heterocycles. The first-order valence-electron chi connectivity index (χ1n) is 11.0. The van der Waals surface area contributed by atoms with Crippen LogP contribution in [0.4, 0.5) is 4.39 Å². The topological polar surface area (TPSA) is 75.7 Å². The smallest absolute Gasteiger partial charge is 0.252 e. The van der Waals surface area contributed by atoms with E-state index in [1.54, 1.807) is 17.0 Å². The summed E-state index contributed by atoms with van der Waals surface area (Å²) >= 11 is 0. The monoisotopic (exact) mass is 458 g/mol. The van der Waals surface area contributed by atoms with Crippen molar-refractivity contribution in [3.05, 3.63) is 59.9 Å². The van der Waals surface area contributed by atoms with Gasteiger partial charge in [-0.2, -0.15) is 0 Å². The molecule has 170 valence electrons. The maximum absolute atomic E-state index is 15.6. The molecule has 1 saturated carbocycles. The first-order chi connectivity index (χ1) is 15.3. The van der Waals surface area contributed by atoms with E-state index in [2.05, 4.69) is 4.72 Å². The first kappa shape index (κ1) is 21.6.